The van der Waals surface area contributed by atoms with Crippen molar-refractivity contribution in [3.8, 4) is 0 Å². The van der Waals surface area contributed by atoms with Crippen molar-refractivity contribution < 1.29 is 32.2 Å². The summed E-state index contributed by atoms with van der Waals surface area (Å²) in [6.45, 7) is 12.1. The van der Waals surface area contributed by atoms with Gasteiger partial charge in [-0.1, -0.05) is 53.9 Å². The standard InChI is InChI=1S/C23H50O7Si/c1-10-15-18-28-22(14-5,24-6)23(29-19-16-11-2,30-20-17-12-3)21(13-4)31(25-7,26-8)27-9/h21H,10-20H2,1-9H3. The zero-order valence-corrected chi connectivity index (χ0v) is 22.7. The predicted octanol–water partition coefficient (Wildman–Crippen LogP) is 5.54. The van der Waals surface area contributed by atoms with Gasteiger partial charge in [-0.2, -0.15) is 0 Å². The van der Waals surface area contributed by atoms with Gasteiger partial charge in [0.15, 0.2) is 0 Å². The molecule has 0 radical (unpaired) electrons. The van der Waals surface area contributed by atoms with Crippen LogP contribution in [-0.2, 0) is 32.2 Å². The van der Waals surface area contributed by atoms with Crippen LogP contribution < -0.4 is 0 Å². The molecule has 0 aliphatic heterocycles. The Kier molecular flexibility index (Phi) is 16.5. The summed E-state index contributed by atoms with van der Waals surface area (Å²) < 4.78 is 43.8. The van der Waals surface area contributed by atoms with E-state index >= 15 is 0 Å². The Morgan fingerprint density at radius 3 is 1.35 bits per heavy atom. The van der Waals surface area contributed by atoms with E-state index in [1.165, 1.54) is 0 Å². The summed E-state index contributed by atoms with van der Waals surface area (Å²) in [5.41, 5.74) is -0.352. The molecule has 0 spiro atoms. The second-order valence-corrected chi connectivity index (χ2v) is 10.9. The lowest BCUT2D eigenvalue weighted by molar-refractivity contribution is -0.411. The fraction of sp³-hybridized carbons (Fsp3) is 1.00. The molecule has 0 amide bonds. The van der Waals surface area contributed by atoms with Crippen LogP contribution in [0.15, 0.2) is 0 Å². The first-order valence-electron chi connectivity index (χ1n) is 12.1. The van der Waals surface area contributed by atoms with Crippen molar-refractivity contribution in [2.75, 3.05) is 48.3 Å². The van der Waals surface area contributed by atoms with Crippen molar-refractivity contribution in [3.63, 3.8) is 0 Å². The molecule has 8 heteroatoms. The molecule has 0 fully saturated rings. The molecule has 0 aromatic carbocycles. The van der Waals surface area contributed by atoms with E-state index in [1.54, 1.807) is 28.4 Å². The molecule has 0 saturated heterocycles. The fourth-order valence-corrected chi connectivity index (χ4v) is 6.77. The second kappa shape index (κ2) is 16.5. The molecule has 0 bridgehead atoms. The summed E-state index contributed by atoms with van der Waals surface area (Å²) in [5, 5.41) is 0. The summed E-state index contributed by atoms with van der Waals surface area (Å²) in [6, 6.07) is 0. The Bertz CT molecular complexity index is 410. The Morgan fingerprint density at radius 2 is 1.06 bits per heavy atom. The van der Waals surface area contributed by atoms with E-state index in [0.717, 1.165) is 38.5 Å². The Labute approximate surface area is 192 Å². The summed E-state index contributed by atoms with van der Waals surface area (Å²) in [7, 11) is 3.35. The molecule has 2 unspecified atom stereocenters. The summed E-state index contributed by atoms with van der Waals surface area (Å²) in [6.07, 6.45) is 6.95. The highest BCUT2D eigenvalue weighted by atomic mass is 28.4. The maximum atomic E-state index is 6.68. The van der Waals surface area contributed by atoms with Gasteiger partial charge in [-0.05, 0) is 25.7 Å². The number of hydrogen-bond acceptors (Lipinski definition) is 7. The van der Waals surface area contributed by atoms with Gasteiger partial charge in [-0.3, -0.25) is 0 Å². The molecule has 2 atom stereocenters. The monoisotopic (exact) mass is 466 g/mol. The molecule has 0 aliphatic rings. The Morgan fingerprint density at radius 1 is 0.645 bits per heavy atom. The average molecular weight is 467 g/mol. The molecule has 0 N–H and O–H groups in total. The van der Waals surface area contributed by atoms with Crippen molar-refractivity contribution >= 4 is 8.80 Å². The van der Waals surface area contributed by atoms with E-state index < -0.39 is 20.4 Å². The molecule has 7 nitrogen and oxygen atoms in total. The molecular weight excluding hydrogens is 416 g/mol. The lowest BCUT2D eigenvalue weighted by Gasteiger charge is -2.53. The van der Waals surface area contributed by atoms with Crippen LogP contribution in [0.5, 0.6) is 0 Å². The lowest BCUT2D eigenvalue weighted by Crippen LogP contribution is -2.69. The summed E-state index contributed by atoms with van der Waals surface area (Å²) in [5.74, 6) is -2.37. The Hall–Kier alpha value is -0.0631. The fourth-order valence-electron chi connectivity index (χ4n) is 4.07. The van der Waals surface area contributed by atoms with Crippen LogP contribution in [0.25, 0.3) is 0 Å². The molecule has 188 valence electrons. The highest BCUT2D eigenvalue weighted by Crippen LogP contribution is 2.50. The van der Waals surface area contributed by atoms with Gasteiger partial charge in [0.1, 0.15) is 0 Å². The third-order valence-electron chi connectivity index (χ3n) is 5.94. The van der Waals surface area contributed by atoms with Crippen LogP contribution in [0.2, 0.25) is 5.54 Å². The van der Waals surface area contributed by atoms with E-state index in [-0.39, 0.29) is 5.54 Å². The van der Waals surface area contributed by atoms with E-state index in [1.807, 2.05) is 6.92 Å². The van der Waals surface area contributed by atoms with Gasteiger partial charge in [0, 0.05) is 34.9 Å². The highest BCUT2D eigenvalue weighted by Gasteiger charge is 2.68. The first-order chi connectivity index (χ1) is 14.9. The maximum absolute atomic E-state index is 6.68. The number of ether oxygens (including phenoxy) is 4. The van der Waals surface area contributed by atoms with Gasteiger partial charge >= 0.3 is 8.80 Å². The van der Waals surface area contributed by atoms with Gasteiger partial charge < -0.3 is 32.2 Å². The molecular formula is C23H50O7Si. The van der Waals surface area contributed by atoms with Crippen LogP contribution in [0.1, 0.15) is 86.0 Å². The maximum Gasteiger partial charge on any atom is 0.509 e. The van der Waals surface area contributed by atoms with Crippen molar-refractivity contribution in [1.29, 1.82) is 0 Å². The van der Waals surface area contributed by atoms with Gasteiger partial charge in [0.2, 0.25) is 11.6 Å². The van der Waals surface area contributed by atoms with Crippen LogP contribution in [-0.4, -0.2) is 68.6 Å². The quantitative estimate of drug-likeness (QED) is 0.125. The van der Waals surface area contributed by atoms with Gasteiger partial charge in [-0.25, -0.2) is 0 Å². The van der Waals surface area contributed by atoms with Gasteiger partial charge in [0.25, 0.3) is 0 Å². The number of rotatable bonds is 21. The third-order valence-corrected chi connectivity index (χ3v) is 9.28. The molecule has 0 heterocycles. The molecule has 0 aromatic rings. The molecule has 0 rings (SSSR count). The first-order valence-corrected chi connectivity index (χ1v) is 13.9. The third kappa shape index (κ3) is 7.47. The topological polar surface area (TPSA) is 64.6 Å². The number of methoxy groups -OCH3 is 1. The molecule has 0 aliphatic carbocycles. The van der Waals surface area contributed by atoms with E-state index in [4.69, 9.17) is 32.2 Å². The number of unbranched alkanes of at least 4 members (excludes halogenated alkanes) is 3. The first kappa shape index (κ1) is 30.9. The van der Waals surface area contributed by atoms with Crippen molar-refractivity contribution in [2.24, 2.45) is 0 Å². The van der Waals surface area contributed by atoms with Crippen LogP contribution in [0.4, 0.5) is 0 Å². The lowest BCUT2D eigenvalue weighted by atomic mass is 9.95. The van der Waals surface area contributed by atoms with Crippen molar-refractivity contribution in [3.05, 3.63) is 0 Å². The molecule has 0 saturated carbocycles. The van der Waals surface area contributed by atoms with E-state index in [0.29, 0.717) is 32.7 Å². The SMILES string of the molecule is CCCCOC(CC)(OC)C(OCCCC)(OCCCC)C(CC)[Si](OC)(OC)OC. The molecule has 0 aromatic heterocycles. The smallest absolute Gasteiger partial charge is 0.377 e. The van der Waals surface area contributed by atoms with E-state index in [2.05, 4.69) is 27.7 Å². The normalized spacial score (nSPS) is 15.8. The predicted molar refractivity (Wildman–Crippen MR) is 126 cm³/mol. The zero-order chi connectivity index (χ0) is 23.8. The van der Waals surface area contributed by atoms with Crippen LogP contribution >= 0.6 is 0 Å². The van der Waals surface area contributed by atoms with Gasteiger partial charge in [-0.15, -0.1) is 0 Å². The van der Waals surface area contributed by atoms with Gasteiger partial charge in [0.05, 0.1) is 25.4 Å². The summed E-state index contributed by atoms with van der Waals surface area (Å²) >= 11 is 0. The minimum Gasteiger partial charge on any atom is -0.377 e. The molecule has 31 heavy (non-hydrogen) atoms. The average Bonchev–Trinajstić information content (AvgIpc) is 2.80. The summed E-state index contributed by atoms with van der Waals surface area (Å²) in [4.78, 5) is 0. The minimum atomic E-state index is -3.20. The van der Waals surface area contributed by atoms with Crippen LogP contribution in [0, 0.1) is 0 Å². The van der Waals surface area contributed by atoms with Crippen molar-refractivity contribution in [2.45, 2.75) is 103 Å². The highest BCUT2D eigenvalue weighted by molar-refractivity contribution is 6.62. The van der Waals surface area contributed by atoms with Crippen molar-refractivity contribution in [1.82, 2.24) is 0 Å². The zero-order valence-electron chi connectivity index (χ0n) is 21.7. The second-order valence-electron chi connectivity index (χ2n) is 7.76. The number of hydrogen-bond donors (Lipinski definition) is 0. The van der Waals surface area contributed by atoms with E-state index in [9.17, 15) is 0 Å². The Balaban J connectivity index is 6.73. The largest absolute Gasteiger partial charge is 0.509 e. The van der Waals surface area contributed by atoms with Crippen LogP contribution in [0.3, 0.4) is 0 Å². The minimum absolute atomic E-state index is 0.352.